The lowest BCUT2D eigenvalue weighted by atomic mass is 10.1. The van der Waals surface area contributed by atoms with Crippen LogP contribution in [-0.2, 0) is 16.0 Å². The summed E-state index contributed by atoms with van der Waals surface area (Å²) in [5.74, 6) is 1.49. The molecule has 2 fully saturated rings. The fraction of sp³-hybridized carbons (Fsp3) is 0.400. The van der Waals surface area contributed by atoms with E-state index in [9.17, 15) is 4.79 Å². The van der Waals surface area contributed by atoms with Gasteiger partial charge in [-0.3, -0.25) is 9.69 Å². The van der Waals surface area contributed by atoms with Gasteiger partial charge in [0, 0.05) is 68.6 Å². The zero-order valence-electron chi connectivity index (χ0n) is 22.9. The molecule has 4 heterocycles. The van der Waals surface area contributed by atoms with Crippen molar-refractivity contribution in [3.05, 3.63) is 60.4 Å². The third kappa shape index (κ3) is 5.99. The molecule has 0 amide bonds. The number of benzene rings is 2. The van der Waals surface area contributed by atoms with Gasteiger partial charge in [0.1, 0.15) is 5.82 Å². The number of hydrogen-bond donors (Lipinski definition) is 1. The van der Waals surface area contributed by atoms with Gasteiger partial charge >= 0.3 is 0 Å². The lowest BCUT2D eigenvalue weighted by Crippen LogP contribution is -2.38. The molecule has 4 aromatic rings. The fourth-order valence-corrected chi connectivity index (χ4v) is 5.11. The molecule has 2 aliphatic heterocycles. The highest BCUT2D eigenvalue weighted by Gasteiger charge is 2.18. The second-order valence-electron chi connectivity index (χ2n) is 10.1. The van der Waals surface area contributed by atoms with Gasteiger partial charge < -0.3 is 24.3 Å². The van der Waals surface area contributed by atoms with Gasteiger partial charge in [-0.2, -0.15) is 4.98 Å². The molecule has 0 spiro atoms. The zero-order valence-corrected chi connectivity index (χ0v) is 22.9. The summed E-state index contributed by atoms with van der Waals surface area (Å²) in [4.78, 5) is 31.1. The van der Waals surface area contributed by atoms with Crippen molar-refractivity contribution in [3.63, 3.8) is 0 Å². The first-order valence-electron chi connectivity index (χ1n) is 14.0. The van der Waals surface area contributed by atoms with Crippen molar-refractivity contribution in [2.24, 2.45) is 0 Å². The summed E-state index contributed by atoms with van der Waals surface area (Å²) in [7, 11) is 0. The highest BCUT2D eigenvalue weighted by Crippen LogP contribution is 2.28. The number of morpholine rings is 2. The molecule has 2 aromatic heterocycles. The van der Waals surface area contributed by atoms with Gasteiger partial charge in [0.2, 0.25) is 5.95 Å². The Morgan fingerprint density at radius 1 is 0.900 bits per heavy atom. The Bertz CT molecular complexity index is 1460. The molecule has 0 radical (unpaired) electrons. The van der Waals surface area contributed by atoms with Crippen molar-refractivity contribution in [2.45, 2.75) is 19.9 Å². The minimum absolute atomic E-state index is 0.130. The molecule has 0 aliphatic carbocycles. The number of ether oxygens (including phenoxy) is 2. The first-order valence-corrected chi connectivity index (χ1v) is 14.0. The molecule has 2 saturated heterocycles. The number of nitrogens with one attached hydrogen (secondary N) is 1. The average Bonchev–Trinajstić information content (AvgIpc) is 3.43. The van der Waals surface area contributed by atoms with E-state index >= 15 is 0 Å². The van der Waals surface area contributed by atoms with E-state index in [1.807, 2.05) is 43.6 Å². The maximum Gasteiger partial charge on any atom is 0.228 e. The van der Waals surface area contributed by atoms with Crippen LogP contribution in [-0.4, -0.2) is 89.4 Å². The van der Waals surface area contributed by atoms with Crippen molar-refractivity contribution >= 4 is 34.3 Å². The predicted molar refractivity (Wildman–Crippen MR) is 155 cm³/mol. The van der Waals surface area contributed by atoms with Crippen molar-refractivity contribution < 1.29 is 14.3 Å². The molecule has 2 aliphatic rings. The van der Waals surface area contributed by atoms with Gasteiger partial charge in [0.15, 0.2) is 5.78 Å². The number of imidazole rings is 1. The van der Waals surface area contributed by atoms with Gasteiger partial charge in [-0.1, -0.05) is 13.0 Å². The number of Topliss-reactive ketones (excluding diaryl/α,β-unsaturated/α-hetero) is 1. The monoisotopic (exact) mass is 541 g/mol. The molecule has 2 aromatic carbocycles. The van der Waals surface area contributed by atoms with Crippen LogP contribution in [0.2, 0.25) is 0 Å². The number of nitrogens with zero attached hydrogens (tertiary/aromatic N) is 6. The largest absolute Gasteiger partial charge is 0.379 e. The second-order valence-corrected chi connectivity index (χ2v) is 10.1. The van der Waals surface area contributed by atoms with Crippen LogP contribution in [0.3, 0.4) is 0 Å². The van der Waals surface area contributed by atoms with Gasteiger partial charge in [0.05, 0.1) is 49.5 Å². The molecule has 0 saturated carbocycles. The van der Waals surface area contributed by atoms with Gasteiger partial charge in [-0.05, 0) is 36.4 Å². The summed E-state index contributed by atoms with van der Waals surface area (Å²) in [6.45, 7) is 10.0. The maximum absolute atomic E-state index is 12.1. The molecule has 6 rings (SSSR count). The van der Waals surface area contributed by atoms with Crippen molar-refractivity contribution in [3.8, 4) is 11.3 Å². The van der Waals surface area contributed by atoms with Crippen LogP contribution in [0.1, 0.15) is 23.7 Å². The Kier molecular flexibility index (Phi) is 7.99. The first-order chi connectivity index (χ1) is 19.7. The number of ketones is 1. The summed E-state index contributed by atoms with van der Waals surface area (Å²) >= 11 is 0. The van der Waals surface area contributed by atoms with Crippen molar-refractivity contribution in [1.82, 2.24) is 24.4 Å². The highest BCUT2D eigenvalue weighted by atomic mass is 16.5. The van der Waals surface area contributed by atoms with Crippen LogP contribution in [0.25, 0.3) is 22.3 Å². The summed E-state index contributed by atoms with van der Waals surface area (Å²) < 4.78 is 13.3. The standard InChI is InChI=1S/C30H35N7O3/c1-2-28(38)22-3-6-24(7-4-22)32-29-20-26(33-30(34-29)36-13-17-40-18-14-36)23-5-8-25-27(19-23)37(21-31-25)10-9-35-11-15-39-16-12-35/h3-8,19-21H,2,9-18H2,1H3,(H,32,33,34). The van der Waals surface area contributed by atoms with E-state index < -0.39 is 0 Å². The third-order valence-corrected chi connectivity index (χ3v) is 7.49. The lowest BCUT2D eigenvalue weighted by molar-refractivity contribution is 0.0365. The van der Waals surface area contributed by atoms with E-state index in [0.29, 0.717) is 37.0 Å². The first kappa shape index (κ1) is 26.4. The summed E-state index contributed by atoms with van der Waals surface area (Å²) in [6.07, 6.45) is 2.41. The number of aromatic nitrogens is 4. The van der Waals surface area contributed by atoms with Crippen molar-refractivity contribution in [2.75, 3.05) is 69.4 Å². The van der Waals surface area contributed by atoms with Crippen LogP contribution in [0.5, 0.6) is 0 Å². The van der Waals surface area contributed by atoms with Crippen LogP contribution in [0, 0.1) is 0 Å². The number of carbonyl (C=O) groups is 1. The molecule has 208 valence electrons. The maximum atomic E-state index is 12.1. The SMILES string of the molecule is CCC(=O)c1ccc(Nc2cc(-c3ccc4ncn(CCN5CCOCC5)c4c3)nc(N3CCOCC3)n2)cc1. The Labute approximate surface area is 233 Å². The van der Waals surface area contributed by atoms with E-state index in [2.05, 4.69) is 42.9 Å². The van der Waals surface area contributed by atoms with Gasteiger partial charge in [-0.15, -0.1) is 0 Å². The summed E-state index contributed by atoms with van der Waals surface area (Å²) in [5.41, 5.74) is 5.46. The van der Waals surface area contributed by atoms with Crippen LogP contribution < -0.4 is 10.2 Å². The second kappa shape index (κ2) is 12.1. The van der Waals surface area contributed by atoms with Crippen LogP contribution in [0.15, 0.2) is 54.9 Å². The van der Waals surface area contributed by atoms with E-state index in [4.69, 9.17) is 19.4 Å². The minimum atomic E-state index is 0.130. The summed E-state index contributed by atoms with van der Waals surface area (Å²) in [6, 6.07) is 15.8. The molecule has 0 bridgehead atoms. The quantitative estimate of drug-likeness (QED) is 0.315. The highest BCUT2D eigenvalue weighted by molar-refractivity contribution is 5.96. The Morgan fingerprint density at radius 2 is 1.65 bits per heavy atom. The number of fused-ring (bicyclic) bond motifs is 1. The van der Waals surface area contributed by atoms with E-state index in [-0.39, 0.29) is 5.78 Å². The predicted octanol–water partition coefficient (Wildman–Crippen LogP) is 4.00. The van der Waals surface area contributed by atoms with Crippen LogP contribution >= 0.6 is 0 Å². The molecule has 10 heteroatoms. The molecular weight excluding hydrogens is 506 g/mol. The Morgan fingerprint density at radius 3 is 2.40 bits per heavy atom. The lowest BCUT2D eigenvalue weighted by Gasteiger charge is -2.27. The van der Waals surface area contributed by atoms with E-state index in [1.165, 1.54) is 0 Å². The number of carbonyl (C=O) groups excluding carboxylic acids is 1. The van der Waals surface area contributed by atoms with Crippen LogP contribution in [0.4, 0.5) is 17.5 Å². The smallest absolute Gasteiger partial charge is 0.228 e. The molecule has 1 N–H and O–H groups in total. The van der Waals surface area contributed by atoms with Gasteiger partial charge in [-0.25, -0.2) is 9.97 Å². The zero-order chi connectivity index (χ0) is 27.3. The molecular formula is C30H35N7O3. The van der Waals surface area contributed by atoms with E-state index in [1.54, 1.807) is 0 Å². The van der Waals surface area contributed by atoms with Gasteiger partial charge in [0.25, 0.3) is 0 Å². The number of rotatable bonds is 9. The molecule has 0 atom stereocenters. The molecule has 10 nitrogen and oxygen atoms in total. The topological polar surface area (TPSA) is 97.6 Å². The molecule has 40 heavy (non-hydrogen) atoms. The van der Waals surface area contributed by atoms with Crippen molar-refractivity contribution in [1.29, 1.82) is 0 Å². The fourth-order valence-electron chi connectivity index (χ4n) is 5.11. The Balaban J connectivity index is 1.30. The average molecular weight is 542 g/mol. The number of hydrogen-bond acceptors (Lipinski definition) is 9. The number of anilines is 3. The minimum Gasteiger partial charge on any atom is -0.379 e. The third-order valence-electron chi connectivity index (χ3n) is 7.49. The Hall–Kier alpha value is -3.86. The summed E-state index contributed by atoms with van der Waals surface area (Å²) in [5, 5.41) is 3.42. The normalized spacial score (nSPS) is 16.4. The molecule has 0 unspecified atom stereocenters. The van der Waals surface area contributed by atoms with E-state index in [0.717, 1.165) is 80.5 Å².